The van der Waals surface area contributed by atoms with Gasteiger partial charge in [0.25, 0.3) is 0 Å². The Morgan fingerprint density at radius 1 is 1.25 bits per heavy atom. The Bertz CT molecular complexity index is 175. The predicted molar refractivity (Wildman–Crippen MR) is 41.5 cm³/mol. The van der Waals surface area contributed by atoms with E-state index < -0.39 is 18.3 Å². The summed E-state index contributed by atoms with van der Waals surface area (Å²) in [6.45, 7) is 0.182. The van der Waals surface area contributed by atoms with Crippen LogP contribution in [0.1, 0.15) is 0 Å². The summed E-state index contributed by atoms with van der Waals surface area (Å²) < 4.78 is 0. The van der Waals surface area contributed by atoms with Crippen LogP contribution >= 0.6 is 0 Å². The van der Waals surface area contributed by atoms with Crippen LogP contribution in [-0.4, -0.2) is 57.6 Å². The summed E-state index contributed by atoms with van der Waals surface area (Å²) in [5.41, 5.74) is 5.14. The molecule has 0 aromatic heterocycles. The van der Waals surface area contributed by atoms with Crippen molar-refractivity contribution < 1.29 is 15.3 Å². The lowest BCUT2D eigenvalue weighted by atomic mass is 10.0. The van der Waals surface area contributed by atoms with E-state index in [-0.39, 0.29) is 19.0 Å². The maximum atomic E-state index is 9.16. The average Bonchev–Trinajstić information content (AvgIpc) is 1.99. The Morgan fingerprint density at radius 3 is 2.00 bits per heavy atom. The van der Waals surface area contributed by atoms with Crippen molar-refractivity contribution >= 4 is 5.96 Å². The number of aliphatic hydroxyl groups excluding tert-OH is 3. The Kier molecular flexibility index (Phi) is 2.51. The van der Waals surface area contributed by atoms with E-state index in [0.29, 0.717) is 0 Å². The van der Waals surface area contributed by atoms with E-state index in [1.807, 2.05) is 0 Å². The molecule has 0 spiro atoms. The number of nitrogens with two attached hydrogens (primary N) is 1. The van der Waals surface area contributed by atoms with Gasteiger partial charge in [0.15, 0.2) is 5.96 Å². The van der Waals surface area contributed by atoms with E-state index in [9.17, 15) is 0 Å². The molecule has 70 valence electrons. The zero-order valence-electron chi connectivity index (χ0n) is 6.51. The third kappa shape index (κ3) is 1.66. The number of rotatable bonds is 0. The van der Waals surface area contributed by atoms with Crippen LogP contribution < -0.4 is 5.73 Å². The van der Waals surface area contributed by atoms with Crippen molar-refractivity contribution in [3.63, 3.8) is 0 Å². The van der Waals surface area contributed by atoms with Gasteiger partial charge in [0.2, 0.25) is 0 Å². The number of likely N-dealkylation sites (tertiary alicyclic amines) is 1. The SMILES string of the molecule is N=C(N)N1CC(O)C(O)C(O)C1. The van der Waals surface area contributed by atoms with Crippen molar-refractivity contribution in [3.8, 4) is 0 Å². The topological polar surface area (TPSA) is 114 Å². The highest BCUT2D eigenvalue weighted by atomic mass is 16.4. The summed E-state index contributed by atoms with van der Waals surface area (Å²) in [4.78, 5) is 1.31. The molecule has 2 atom stereocenters. The molecule has 6 N–H and O–H groups in total. The summed E-state index contributed by atoms with van der Waals surface area (Å²) in [5, 5.41) is 34.5. The summed E-state index contributed by atoms with van der Waals surface area (Å²) in [6, 6.07) is 0. The Hall–Kier alpha value is -0.850. The minimum Gasteiger partial charge on any atom is -0.388 e. The van der Waals surface area contributed by atoms with Crippen molar-refractivity contribution in [2.45, 2.75) is 18.3 Å². The van der Waals surface area contributed by atoms with Gasteiger partial charge in [-0.3, -0.25) is 5.41 Å². The number of piperidine rings is 1. The van der Waals surface area contributed by atoms with Gasteiger partial charge in [0.1, 0.15) is 18.3 Å². The molecule has 1 heterocycles. The number of aliphatic hydroxyl groups is 3. The second kappa shape index (κ2) is 3.26. The van der Waals surface area contributed by atoms with Crippen molar-refractivity contribution in [3.05, 3.63) is 0 Å². The summed E-state index contributed by atoms with van der Waals surface area (Å²) >= 11 is 0. The Morgan fingerprint density at radius 2 is 1.67 bits per heavy atom. The highest BCUT2D eigenvalue weighted by Crippen LogP contribution is 2.10. The second-order valence-electron chi connectivity index (χ2n) is 2.92. The van der Waals surface area contributed by atoms with E-state index in [0.717, 1.165) is 0 Å². The largest absolute Gasteiger partial charge is 0.388 e. The van der Waals surface area contributed by atoms with Crippen LogP contribution in [0.25, 0.3) is 0 Å². The van der Waals surface area contributed by atoms with Gasteiger partial charge in [0, 0.05) is 13.1 Å². The van der Waals surface area contributed by atoms with Crippen molar-refractivity contribution in [2.75, 3.05) is 13.1 Å². The maximum Gasteiger partial charge on any atom is 0.188 e. The van der Waals surface area contributed by atoms with E-state index in [2.05, 4.69) is 0 Å². The number of nitrogens with one attached hydrogen (secondary N) is 1. The Labute approximate surface area is 69.7 Å². The van der Waals surface area contributed by atoms with Crippen LogP contribution in [0, 0.1) is 5.41 Å². The number of hydrogen-bond donors (Lipinski definition) is 5. The first-order valence-electron chi connectivity index (χ1n) is 3.65. The molecule has 0 aromatic rings. The highest BCUT2D eigenvalue weighted by Gasteiger charge is 2.33. The molecule has 6 heteroatoms. The fraction of sp³-hybridized carbons (Fsp3) is 0.833. The smallest absolute Gasteiger partial charge is 0.188 e. The zero-order valence-corrected chi connectivity index (χ0v) is 6.51. The standard InChI is InChI=1S/C6H13N3O3/c7-6(8)9-1-3(10)5(12)4(11)2-9/h3-5,10-12H,1-2H2,(H3,7,8). The zero-order chi connectivity index (χ0) is 9.30. The number of nitrogens with zero attached hydrogens (tertiary/aromatic N) is 1. The molecule has 12 heavy (non-hydrogen) atoms. The molecule has 1 aliphatic heterocycles. The minimum absolute atomic E-state index is 0.0908. The van der Waals surface area contributed by atoms with E-state index in [1.165, 1.54) is 4.90 Å². The molecular formula is C6H13N3O3. The van der Waals surface area contributed by atoms with Gasteiger partial charge in [-0.15, -0.1) is 0 Å². The van der Waals surface area contributed by atoms with Crippen LogP contribution in [0.2, 0.25) is 0 Å². The first kappa shape index (κ1) is 9.24. The van der Waals surface area contributed by atoms with Crippen molar-refractivity contribution in [1.82, 2.24) is 4.90 Å². The molecule has 1 rings (SSSR count). The van der Waals surface area contributed by atoms with Gasteiger partial charge in [0.05, 0.1) is 0 Å². The van der Waals surface area contributed by atoms with Gasteiger partial charge in [-0.1, -0.05) is 0 Å². The number of hydrogen-bond acceptors (Lipinski definition) is 4. The van der Waals surface area contributed by atoms with Gasteiger partial charge >= 0.3 is 0 Å². The normalized spacial score (nSPS) is 36.6. The average molecular weight is 175 g/mol. The molecule has 1 aliphatic rings. The monoisotopic (exact) mass is 175 g/mol. The third-order valence-electron chi connectivity index (χ3n) is 1.94. The van der Waals surface area contributed by atoms with Crippen LogP contribution in [0.3, 0.4) is 0 Å². The van der Waals surface area contributed by atoms with E-state index in [4.69, 9.17) is 26.5 Å². The summed E-state index contributed by atoms with van der Waals surface area (Å²) in [6.07, 6.45) is -3.23. The molecule has 0 bridgehead atoms. The van der Waals surface area contributed by atoms with Gasteiger partial charge in [-0.05, 0) is 0 Å². The molecule has 2 unspecified atom stereocenters. The van der Waals surface area contributed by atoms with E-state index >= 15 is 0 Å². The quantitative estimate of drug-likeness (QED) is 0.203. The lowest BCUT2D eigenvalue weighted by molar-refractivity contribution is -0.0964. The van der Waals surface area contributed by atoms with Crippen LogP contribution in [0.5, 0.6) is 0 Å². The molecule has 1 fully saturated rings. The lowest BCUT2D eigenvalue weighted by Crippen LogP contribution is -2.58. The molecule has 0 amide bonds. The third-order valence-corrected chi connectivity index (χ3v) is 1.94. The van der Waals surface area contributed by atoms with Crippen molar-refractivity contribution in [2.24, 2.45) is 5.73 Å². The lowest BCUT2D eigenvalue weighted by Gasteiger charge is -2.36. The molecule has 6 nitrogen and oxygen atoms in total. The molecule has 0 aromatic carbocycles. The minimum atomic E-state index is -1.14. The second-order valence-corrected chi connectivity index (χ2v) is 2.92. The molecule has 1 saturated heterocycles. The van der Waals surface area contributed by atoms with Crippen LogP contribution in [0.15, 0.2) is 0 Å². The van der Waals surface area contributed by atoms with Crippen LogP contribution in [-0.2, 0) is 0 Å². The van der Waals surface area contributed by atoms with Crippen molar-refractivity contribution in [1.29, 1.82) is 5.41 Å². The maximum absolute atomic E-state index is 9.16. The number of guanidine groups is 1. The predicted octanol–water partition coefficient (Wildman–Crippen LogP) is -2.72. The first-order chi connectivity index (χ1) is 5.52. The van der Waals surface area contributed by atoms with Crippen LogP contribution in [0.4, 0.5) is 0 Å². The summed E-state index contributed by atoms with van der Waals surface area (Å²) in [7, 11) is 0. The molecule has 0 radical (unpaired) electrons. The van der Waals surface area contributed by atoms with E-state index in [1.54, 1.807) is 0 Å². The molecular weight excluding hydrogens is 162 g/mol. The molecule has 0 saturated carbocycles. The van der Waals surface area contributed by atoms with Gasteiger partial charge in [-0.25, -0.2) is 0 Å². The fourth-order valence-corrected chi connectivity index (χ4v) is 1.20. The highest BCUT2D eigenvalue weighted by molar-refractivity contribution is 5.74. The summed E-state index contributed by atoms with van der Waals surface area (Å²) in [5.74, 6) is -0.208. The van der Waals surface area contributed by atoms with Gasteiger partial charge in [-0.2, -0.15) is 0 Å². The number of β-amino-alcohol motifs (C(OH)–C–C–N with tert-alkyl or cyclic N) is 2. The van der Waals surface area contributed by atoms with Gasteiger partial charge < -0.3 is 26.0 Å². The Balaban J connectivity index is 2.59. The molecule has 0 aliphatic carbocycles. The first-order valence-corrected chi connectivity index (χ1v) is 3.65. The fourth-order valence-electron chi connectivity index (χ4n) is 1.20.